The van der Waals surface area contributed by atoms with Crippen LogP contribution in [0.2, 0.25) is 0 Å². The van der Waals surface area contributed by atoms with Gasteiger partial charge in [0.2, 0.25) is 5.88 Å². The number of morpholine rings is 1. The second-order valence-corrected chi connectivity index (χ2v) is 6.29. The number of ether oxygens (including phenoxy) is 2. The fourth-order valence-corrected chi connectivity index (χ4v) is 2.72. The molecule has 0 saturated carbocycles. The lowest BCUT2D eigenvalue weighted by molar-refractivity contribution is -0.0468. The summed E-state index contributed by atoms with van der Waals surface area (Å²) in [4.78, 5) is 11.0. The zero-order chi connectivity index (χ0) is 16.4. The summed E-state index contributed by atoms with van der Waals surface area (Å²) in [5, 5.41) is 4.25. The Morgan fingerprint density at radius 1 is 1.30 bits per heavy atom. The fraction of sp³-hybridized carbons (Fsp3) is 0.562. The lowest BCUT2D eigenvalue weighted by Crippen LogP contribution is -2.48. The van der Waals surface area contributed by atoms with E-state index < -0.39 is 5.60 Å². The molecule has 0 aromatic carbocycles. The molecule has 0 radical (unpaired) electrons. The molecule has 0 aliphatic carbocycles. The minimum absolute atomic E-state index is 0.0740. The van der Waals surface area contributed by atoms with Crippen LogP contribution < -0.4 is 9.64 Å². The molecule has 1 atom stereocenters. The van der Waals surface area contributed by atoms with E-state index in [0.29, 0.717) is 19.0 Å². The van der Waals surface area contributed by atoms with Crippen molar-refractivity contribution in [3.63, 3.8) is 0 Å². The fourth-order valence-electron chi connectivity index (χ4n) is 2.72. The smallest absolute Gasteiger partial charge is 0.234 e. The van der Waals surface area contributed by atoms with Crippen LogP contribution >= 0.6 is 0 Å². The summed E-state index contributed by atoms with van der Waals surface area (Å²) in [6.07, 6.45) is 7.33. The maximum absolute atomic E-state index is 6.04. The van der Waals surface area contributed by atoms with E-state index in [9.17, 15) is 0 Å². The molecular formula is C16H23N5O2. The molecule has 23 heavy (non-hydrogen) atoms. The predicted octanol–water partition coefficient (Wildman–Crippen LogP) is 1.75. The van der Waals surface area contributed by atoms with E-state index >= 15 is 0 Å². The quantitative estimate of drug-likeness (QED) is 0.856. The number of nitrogens with zero attached hydrogens (tertiary/aromatic N) is 5. The van der Waals surface area contributed by atoms with Crippen LogP contribution in [0, 0.1) is 0 Å². The number of hydrogen-bond acceptors (Lipinski definition) is 6. The maximum atomic E-state index is 6.04. The molecule has 7 heteroatoms. The van der Waals surface area contributed by atoms with Crippen molar-refractivity contribution in [2.24, 2.45) is 7.05 Å². The largest absolute Gasteiger partial charge is 0.474 e. The normalized spacial score (nSPS) is 21.7. The Hall–Kier alpha value is -2.15. The Morgan fingerprint density at radius 2 is 2.13 bits per heavy atom. The summed E-state index contributed by atoms with van der Waals surface area (Å²) < 4.78 is 13.5. The van der Waals surface area contributed by atoms with Gasteiger partial charge < -0.3 is 14.4 Å². The Kier molecular flexibility index (Phi) is 4.21. The molecule has 1 fully saturated rings. The van der Waals surface area contributed by atoms with Gasteiger partial charge in [-0.05, 0) is 20.8 Å². The van der Waals surface area contributed by atoms with Gasteiger partial charge in [-0.15, -0.1) is 0 Å². The third kappa shape index (κ3) is 3.44. The van der Waals surface area contributed by atoms with Gasteiger partial charge in [0.1, 0.15) is 5.60 Å². The van der Waals surface area contributed by atoms with Gasteiger partial charge in [-0.25, -0.2) is 0 Å². The Balaban J connectivity index is 1.81. The zero-order valence-electron chi connectivity index (χ0n) is 14.1. The molecule has 7 nitrogen and oxygen atoms in total. The second-order valence-electron chi connectivity index (χ2n) is 6.29. The Bertz CT molecular complexity index is 672. The molecule has 0 amide bonds. The predicted molar refractivity (Wildman–Crippen MR) is 86.5 cm³/mol. The molecule has 0 N–H and O–H groups in total. The highest BCUT2D eigenvalue weighted by molar-refractivity contribution is 5.40. The summed E-state index contributed by atoms with van der Waals surface area (Å²) in [6, 6.07) is 0. The van der Waals surface area contributed by atoms with Crippen molar-refractivity contribution in [3.05, 3.63) is 30.4 Å². The van der Waals surface area contributed by atoms with Crippen molar-refractivity contribution in [2.45, 2.75) is 32.5 Å². The first kappa shape index (κ1) is 15.7. The summed E-state index contributed by atoms with van der Waals surface area (Å²) >= 11 is 0. The molecule has 2 aromatic rings. The molecule has 1 aliphatic rings. The van der Waals surface area contributed by atoms with E-state index in [4.69, 9.17) is 9.47 Å². The summed E-state index contributed by atoms with van der Waals surface area (Å²) in [6.45, 7) is 8.12. The van der Waals surface area contributed by atoms with Crippen molar-refractivity contribution in [3.8, 4) is 5.88 Å². The van der Waals surface area contributed by atoms with E-state index in [1.54, 1.807) is 17.1 Å². The van der Waals surface area contributed by atoms with Crippen LogP contribution in [-0.4, -0.2) is 45.5 Å². The van der Waals surface area contributed by atoms with Gasteiger partial charge in [0.15, 0.2) is 5.82 Å². The molecule has 0 spiro atoms. The van der Waals surface area contributed by atoms with Crippen LogP contribution in [0.1, 0.15) is 26.3 Å². The first-order valence-corrected chi connectivity index (χ1v) is 7.83. The van der Waals surface area contributed by atoms with Gasteiger partial charge in [0.05, 0.1) is 37.8 Å². The van der Waals surface area contributed by atoms with Crippen molar-refractivity contribution in [1.29, 1.82) is 0 Å². The van der Waals surface area contributed by atoms with Crippen LogP contribution in [0.15, 0.2) is 24.8 Å². The van der Waals surface area contributed by atoms with Gasteiger partial charge in [-0.2, -0.15) is 10.1 Å². The van der Waals surface area contributed by atoms with Gasteiger partial charge >= 0.3 is 0 Å². The van der Waals surface area contributed by atoms with E-state index in [1.807, 2.05) is 33.3 Å². The summed E-state index contributed by atoms with van der Waals surface area (Å²) in [7, 11) is 1.91. The second kappa shape index (κ2) is 6.16. The molecule has 1 unspecified atom stereocenters. The van der Waals surface area contributed by atoms with E-state index in [0.717, 1.165) is 17.9 Å². The van der Waals surface area contributed by atoms with Crippen molar-refractivity contribution >= 4 is 5.82 Å². The number of hydrogen-bond donors (Lipinski definition) is 0. The van der Waals surface area contributed by atoms with Crippen LogP contribution in [0.4, 0.5) is 5.82 Å². The third-order valence-electron chi connectivity index (χ3n) is 3.87. The highest BCUT2D eigenvalue weighted by Crippen LogP contribution is 2.31. The SMILES string of the molecule is CC(C)Oc1cncc(N2CCOC(C)(c3cnn(C)c3)C2)n1. The minimum atomic E-state index is -0.414. The summed E-state index contributed by atoms with van der Waals surface area (Å²) in [5.41, 5.74) is 0.649. The average molecular weight is 317 g/mol. The number of rotatable bonds is 4. The zero-order valence-corrected chi connectivity index (χ0v) is 14.1. The molecular weight excluding hydrogens is 294 g/mol. The van der Waals surface area contributed by atoms with Crippen molar-refractivity contribution in [2.75, 3.05) is 24.6 Å². The number of aryl methyl sites for hydroxylation is 1. The topological polar surface area (TPSA) is 65.3 Å². The summed E-state index contributed by atoms with van der Waals surface area (Å²) in [5.74, 6) is 1.36. The number of aromatic nitrogens is 4. The molecule has 2 aromatic heterocycles. The number of anilines is 1. The Labute approximate surface area is 136 Å². The lowest BCUT2D eigenvalue weighted by atomic mass is 9.97. The Morgan fingerprint density at radius 3 is 2.83 bits per heavy atom. The van der Waals surface area contributed by atoms with E-state index in [2.05, 4.69) is 26.9 Å². The van der Waals surface area contributed by atoms with Gasteiger partial charge in [0, 0.05) is 25.4 Å². The molecule has 1 aliphatic heterocycles. The van der Waals surface area contributed by atoms with Crippen LogP contribution in [0.5, 0.6) is 5.88 Å². The van der Waals surface area contributed by atoms with Crippen molar-refractivity contribution < 1.29 is 9.47 Å². The van der Waals surface area contributed by atoms with E-state index in [-0.39, 0.29) is 6.10 Å². The lowest BCUT2D eigenvalue weighted by Gasteiger charge is -2.40. The highest BCUT2D eigenvalue weighted by atomic mass is 16.5. The van der Waals surface area contributed by atoms with Gasteiger partial charge in [-0.3, -0.25) is 9.67 Å². The van der Waals surface area contributed by atoms with E-state index in [1.165, 1.54) is 0 Å². The average Bonchev–Trinajstić information content (AvgIpc) is 2.94. The molecule has 0 bridgehead atoms. The molecule has 124 valence electrons. The van der Waals surface area contributed by atoms with Crippen LogP contribution in [-0.2, 0) is 17.4 Å². The van der Waals surface area contributed by atoms with Crippen LogP contribution in [0.25, 0.3) is 0 Å². The molecule has 3 rings (SSSR count). The monoisotopic (exact) mass is 317 g/mol. The van der Waals surface area contributed by atoms with Crippen molar-refractivity contribution in [1.82, 2.24) is 19.7 Å². The standard InChI is InChI=1S/C16H23N5O2/c1-12(2)23-15-9-17-8-14(19-15)21-5-6-22-16(3,11-21)13-7-18-20(4)10-13/h7-10,12H,5-6,11H2,1-4H3. The third-order valence-corrected chi connectivity index (χ3v) is 3.87. The first-order chi connectivity index (χ1) is 11.0. The minimum Gasteiger partial charge on any atom is -0.474 e. The first-order valence-electron chi connectivity index (χ1n) is 7.83. The van der Waals surface area contributed by atoms with Crippen LogP contribution in [0.3, 0.4) is 0 Å². The maximum Gasteiger partial charge on any atom is 0.234 e. The molecule has 3 heterocycles. The molecule has 1 saturated heterocycles. The van der Waals surface area contributed by atoms with Gasteiger partial charge in [0.25, 0.3) is 0 Å². The van der Waals surface area contributed by atoms with Gasteiger partial charge in [-0.1, -0.05) is 0 Å². The highest BCUT2D eigenvalue weighted by Gasteiger charge is 2.35.